The molecule has 1 aromatic rings. The highest BCUT2D eigenvalue weighted by Crippen LogP contribution is 2.38. The number of methoxy groups -OCH3 is 1. The Bertz CT molecular complexity index is 945. The molecule has 1 heterocycles. The number of carbonyl (C=O) groups excluding carboxylic acids is 1. The van der Waals surface area contributed by atoms with Crippen LogP contribution in [0.3, 0.4) is 0 Å². The summed E-state index contributed by atoms with van der Waals surface area (Å²) in [5.74, 6) is 4.07. The molecular weight excluding hydrogens is 496 g/mol. The molecule has 206 valence electrons. The molecule has 2 rings (SSSR count). The molecule has 0 aromatic heterocycles. The highest BCUT2D eigenvalue weighted by molar-refractivity contribution is 6.83. The van der Waals surface area contributed by atoms with Crippen LogP contribution in [0.5, 0.6) is 5.75 Å². The van der Waals surface area contributed by atoms with E-state index in [1.54, 1.807) is 7.11 Å². The third-order valence-corrected chi connectivity index (χ3v) is 12.4. The lowest BCUT2D eigenvalue weighted by Gasteiger charge is -2.40. The average molecular weight is 545 g/mol. The number of hydrogen-bond donors (Lipinski definition) is 0. The number of carbonyl (C=O) groups is 1. The van der Waals surface area contributed by atoms with Crippen LogP contribution < -0.4 is 4.74 Å². The first kappa shape index (κ1) is 31.5. The van der Waals surface area contributed by atoms with E-state index >= 15 is 0 Å². The molecule has 0 aliphatic carbocycles. The van der Waals surface area contributed by atoms with Gasteiger partial charge in [-0.3, -0.25) is 4.79 Å². The molecule has 0 radical (unpaired) electrons. The molecule has 1 aliphatic heterocycles. The monoisotopic (exact) mass is 544 g/mol. The van der Waals surface area contributed by atoms with Gasteiger partial charge in [-0.25, -0.2) is 0 Å². The van der Waals surface area contributed by atoms with Gasteiger partial charge in [0.2, 0.25) is 0 Å². The third-order valence-electron chi connectivity index (χ3n) is 6.95. The predicted octanol–water partition coefficient (Wildman–Crippen LogP) is 6.94. The predicted molar refractivity (Wildman–Crippen MR) is 157 cm³/mol. The summed E-state index contributed by atoms with van der Waals surface area (Å²) in [6.45, 7) is 18.8. The van der Waals surface area contributed by atoms with Crippen molar-refractivity contribution < 1.29 is 23.4 Å². The van der Waals surface area contributed by atoms with Crippen LogP contribution in [0.15, 0.2) is 36.4 Å². The Morgan fingerprint density at radius 1 is 1.08 bits per heavy atom. The number of hydrogen-bond acceptors (Lipinski definition) is 5. The summed E-state index contributed by atoms with van der Waals surface area (Å²) >= 11 is 0. The van der Waals surface area contributed by atoms with E-state index in [2.05, 4.69) is 65.0 Å². The fourth-order valence-corrected chi connectivity index (χ4v) is 5.65. The van der Waals surface area contributed by atoms with Gasteiger partial charge in [-0.15, -0.1) is 5.54 Å². The standard InChI is InChI=1S/C30H48O5Si2/c1-30(2,3)37(8,9)35-26-18-19-27(23-33-22-24-14-16-25(32-4)17-15-24)34-29(28(31)21-26)13-11-10-12-20-36(5,6)7/h10-11,14-17,26-27,29H,13,18-19,21-23H2,1-9H3/b11-10+/t26-,27-,29-/m1/s1. The van der Waals surface area contributed by atoms with Crippen LogP contribution >= 0.6 is 0 Å². The van der Waals surface area contributed by atoms with Crippen molar-refractivity contribution in [2.24, 2.45) is 0 Å². The quantitative estimate of drug-likeness (QED) is 0.249. The zero-order valence-corrected chi connectivity index (χ0v) is 26.5. The van der Waals surface area contributed by atoms with Gasteiger partial charge in [0, 0.05) is 6.42 Å². The van der Waals surface area contributed by atoms with Gasteiger partial charge in [-0.2, -0.15) is 0 Å². The van der Waals surface area contributed by atoms with Crippen LogP contribution in [-0.2, 0) is 25.3 Å². The lowest BCUT2D eigenvalue weighted by molar-refractivity contribution is -0.143. The molecule has 1 aliphatic rings. The SMILES string of the molecule is COc1ccc(COC[C@H]2CC[C@@H](O[Si](C)(C)C(C)(C)C)CC(=O)[C@@H](C/C=C/C#C[Si](C)(C)C)O2)cc1. The summed E-state index contributed by atoms with van der Waals surface area (Å²) < 4.78 is 24.3. The maximum Gasteiger partial charge on any atom is 0.192 e. The zero-order valence-electron chi connectivity index (χ0n) is 24.5. The lowest BCUT2D eigenvalue weighted by Crippen LogP contribution is -2.46. The van der Waals surface area contributed by atoms with E-state index in [0.717, 1.165) is 24.2 Å². The van der Waals surface area contributed by atoms with E-state index in [-0.39, 0.29) is 23.0 Å². The average Bonchev–Trinajstić information content (AvgIpc) is 2.78. The molecule has 5 nitrogen and oxygen atoms in total. The van der Waals surface area contributed by atoms with Crippen LogP contribution in [0, 0.1) is 11.5 Å². The number of rotatable bonds is 9. The molecular formula is C30H48O5Si2. The van der Waals surface area contributed by atoms with Crippen molar-refractivity contribution in [1.82, 2.24) is 0 Å². The van der Waals surface area contributed by atoms with Crippen molar-refractivity contribution in [2.75, 3.05) is 13.7 Å². The van der Waals surface area contributed by atoms with Crippen LogP contribution in [0.2, 0.25) is 37.8 Å². The fraction of sp³-hybridized carbons (Fsp3) is 0.633. The van der Waals surface area contributed by atoms with Gasteiger partial charge in [0.15, 0.2) is 14.1 Å². The Balaban J connectivity index is 2.10. The molecule has 0 unspecified atom stereocenters. The molecule has 0 N–H and O–H groups in total. The maximum absolute atomic E-state index is 13.3. The second-order valence-electron chi connectivity index (χ2n) is 12.5. The van der Waals surface area contributed by atoms with Crippen LogP contribution in [0.1, 0.15) is 52.0 Å². The van der Waals surface area contributed by atoms with Crippen LogP contribution in [0.25, 0.3) is 0 Å². The van der Waals surface area contributed by atoms with E-state index in [9.17, 15) is 4.79 Å². The third kappa shape index (κ3) is 11.3. The van der Waals surface area contributed by atoms with Crippen molar-refractivity contribution in [2.45, 2.75) is 109 Å². The van der Waals surface area contributed by atoms with E-state index in [1.165, 1.54) is 0 Å². The minimum absolute atomic E-state index is 0.0838. The van der Waals surface area contributed by atoms with Crippen LogP contribution in [-0.4, -0.2) is 54.2 Å². The molecule has 0 spiro atoms. The van der Waals surface area contributed by atoms with Gasteiger partial charge in [-0.1, -0.05) is 64.5 Å². The van der Waals surface area contributed by atoms with Crippen molar-refractivity contribution >= 4 is 22.2 Å². The number of Topliss-reactive ketones (excluding diaryl/α,β-unsaturated/α-hetero) is 1. The number of ether oxygens (including phenoxy) is 3. The summed E-state index contributed by atoms with van der Waals surface area (Å²) in [5, 5.41) is 0.0902. The molecule has 1 saturated heterocycles. The first-order valence-electron chi connectivity index (χ1n) is 13.4. The van der Waals surface area contributed by atoms with Gasteiger partial charge >= 0.3 is 0 Å². The topological polar surface area (TPSA) is 54.0 Å². The molecule has 1 fully saturated rings. The normalized spacial score (nSPS) is 21.8. The number of ketones is 1. The van der Waals surface area contributed by atoms with Gasteiger partial charge in [0.25, 0.3) is 0 Å². The number of allylic oxidation sites excluding steroid dienone is 1. The molecule has 0 amide bonds. The van der Waals surface area contributed by atoms with E-state index < -0.39 is 22.5 Å². The van der Waals surface area contributed by atoms with Crippen LogP contribution in [0.4, 0.5) is 0 Å². The second kappa shape index (κ2) is 13.9. The maximum atomic E-state index is 13.3. The molecule has 1 aromatic carbocycles. The summed E-state index contributed by atoms with van der Waals surface area (Å²) in [7, 11) is -1.77. The fourth-order valence-electron chi connectivity index (χ4n) is 3.75. The first-order chi connectivity index (χ1) is 17.2. The molecule has 7 heteroatoms. The van der Waals surface area contributed by atoms with Crippen molar-refractivity contribution in [3.05, 3.63) is 42.0 Å². The van der Waals surface area contributed by atoms with Crippen molar-refractivity contribution in [3.63, 3.8) is 0 Å². The van der Waals surface area contributed by atoms with E-state index in [1.807, 2.05) is 36.4 Å². The highest BCUT2D eigenvalue weighted by Gasteiger charge is 2.40. The van der Waals surface area contributed by atoms with Gasteiger partial charge in [0.1, 0.15) is 19.9 Å². The number of benzene rings is 1. The van der Waals surface area contributed by atoms with E-state index in [4.69, 9.17) is 18.6 Å². The van der Waals surface area contributed by atoms with Gasteiger partial charge < -0.3 is 18.6 Å². The molecule has 0 saturated carbocycles. The van der Waals surface area contributed by atoms with Crippen molar-refractivity contribution in [3.8, 4) is 17.2 Å². The van der Waals surface area contributed by atoms with Gasteiger partial charge in [-0.05, 0) is 61.2 Å². The second-order valence-corrected chi connectivity index (χ2v) is 22.0. The largest absolute Gasteiger partial charge is 0.497 e. The smallest absolute Gasteiger partial charge is 0.192 e. The van der Waals surface area contributed by atoms with Gasteiger partial charge in [0.05, 0.1) is 32.5 Å². The lowest BCUT2D eigenvalue weighted by atomic mass is 9.98. The Hall–Kier alpha value is -1.70. The highest BCUT2D eigenvalue weighted by atomic mass is 28.4. The molecule has 0 bridgehead atoms. The summed E-state index contributed by atoms with van der Waals surface area (Å²) in [5.41, 5.74) is 4.40. The minimum atomic E-state index is -2.00. The first-order valence-corrected chi connectivity index (χ1v) is 19.9. The summed E-state index contributed by atoms with van der Waals surface area (Å²) in [6, 6.07) is 7.86. The molecule has 3 atom stereocenters. The summed E-state index contributed by atoms with van der Waals surface area (Å²) in [6.07, 6.45) is 5.57. The van der Waals surface area contributed by atoms with E-state index in [0.29, 0.717) is 26.1 Å². The summed E-state index contributed by atoms with van der Waals surface area (Å²) in [4.78, 5) is 13.3. The van der Waals surface area contributed by atoms with Crippen molar-refractivity contribution in [1.29, 1.82) is 0 Å². The Morgan fingerprint density at radius 2 is 1.76 bits per heavy atom. The Kier molecular flexibility index (Phi) is 11.8. The Morgan fingerprint density at radius 3 is 2.35 bits per heavy atom. The minimum Gasteiger partial charge on any atom is -0.497 e. The zero-order chi connectivity index (χ0) is 27.7. The Labute approximate surface area is 227 Å². The molecule has 37 heavy (non-hydrogen) atoms.